The highest BCUT2D eigenvalue weighted by Crippen LogP contribution is 2.38. The third-order valence-corrected chi connectivity index (χ3v) is 6.89. The fourth-order valence-corrected chi connectivity index (χ4v) is 4.85. The molecule has 6 aromatic carbocycles. The second-order valence-electron chi connectivity index (χ2n) is 9.71. The number of hydrogen-bond donors (Lipinski definition) is 1. The van der Waals surface area contributed by atoms with E-state index in [4.69, 9.17) is 0 Å². The Morgan fingerprint density at radius 3 is 1.31 bits per heavy atom. The molecular weight excluding hydrogens is 472 g/mol. The van der Waals surface area contributed by atoms with E-state index in [1.807, 2.05) is 0 Å². The molecule has 0 amide bonds. The number of hydrogen-bond acceptors (Lipinski definition) is 2. The van der Waals surface area contributed by atoms with Gasteiger partial charge >= 0.3 is 0 Å². The number of anilines is 5. The van der Waals surface area contributed by atoms with E-state index >= 15 is 0 Å². The van der Waals surface area contributed by atoms with Gasteiger partial charge in [0.25, 0.3) is 0 Å². The topological polar surface area (TPSA) is 15.3 Å². The van der Waals surface area contributed by atoms with E-state index in [-0.39, 0.29) is 0 Å². The zero-order valence-electron chi connectivity index (χ0n) is 22.0. The van der Waals surface area contributed by atoms with Gasteiger partial charge in [0.2, 0.25) is 0 Å². The molecule has 0 aliphatic carbocycles. The van der Waals surface area contributed by atoms with Gasteiger partial charge in [-0.05, 0) is 89.8 Å². The van der Waals surface area contributed by atoms with Crippen molar-refractivity contribution in [1.29, 1.82) is 0 Å². The molecule has 6 aromatic rings. The van der Waals surface area contributed by atoms with Crippen molar-refractivity contribution in [2.24, 2.45) is 0 Å². The van der Waals surface area contributed by atoms with Crippen LogP contribution >= 0.6 is 0 Å². The molecule has 0 unspecified atom stereocenters. The highest BCUT2D eigenvalue weighted by Gasteiger charge is 2.14. The average molecular weight is 503 g/mol. The Balaban J connectivity index is 1.41. The van der Waals surface area contributed by atoms with Crippen LogP contribution in [0, 0.1) is 6.92 Å². The number of aryl methyl sites for hydroxylation is 1. The Morgan fingerprint density at radius 1 is 0.385 bits per heavy atom. The summed E-state index contributed by atoms with van der Waals surface area (Å²) in [5.41, 5.74) is 11.5. The summed E-state index contributed by atoms with van der Waals surface area (Å²) in [6.45, 7) is 2.10. The van der Waals surface area contributed by atoms with Gasteiger partial charge in [0, 0.05) is 28.4 Å². The lowest BCUT2D eigenvalue weighted by molar-refractivity contribution is 1.28. The third kappa shape index (κ3) is 5.61. The number of rotatable bonds is 7. The predicted octanol–water partition coefficient (Wildman–Crippen LogP) is 10.5. The molecule has 1 N–H and O–H groups in total. The van der Waals surface area contributed by atoms with Crippen molar-refractivity contribution >= 4 is 28.4 Å². The maximum Gasteiger partial charge on any atom is 0.0467 e. The molecule has 0 aromatic heterocycles. The van der Waals surface area contributed by atoms with E-state index in [0.29, 0.717) is 0 Å². The van der Waals surface area contributed by atoms with Crippen LogP contribution in [0.2, 0.25) is 0 Å². The second kappa shape index (κ2) is 11.1. The molecule has 0 fully saturated rings. The molecule has 0 aliphatic heterocycles. The summed E-state index contributed by atoms with van der Waals surface area (Å²) in [5.74, 6) is 0. The normalized spacial score (nSPS) is 10.7. The number of benzene rings is 6. The first-order chi connectivity index (χ1) is 19.2. The first-order valence-corrected chi connectivity index (χ1v) is 13.3. The lowest BCUT2D eigenvalue weighted by Crippen LogP contribution is -2.10. The molecule has 0 atom stereocenters. The Labute approximate surface area is 230 Å². The summed E-state index contributed by atoms with van der Waals surface area (Å²) in [4.78, 5) is 2.33. The van der Waals surface area contributed by atoms with E-state index in [1.54, 1.807) is 0 Å². The molecular formula is C37H30N2. The minimum Gasteiger partial charge on any atom is -0.356 e. The lowest BCUT2D eigenvalue weighted by Gasteiger charge is -2.27. The SMILES string of the molecule is Cc1ccc(Nc2ccc(N(c3cccc(-c4ccccc4)c3)c3cccc(-c4ccccc4)c3)cc2)cc1. The van der Waals surface area contributed by atoms with Crippen LogP contribution in [0.1, 0.15) is 5.56 Å². The van der Waals surface area contributed by atoms with Gasteiger partial charge in [-0.15, -0.1) is 0 Å². The smallest absolute Gasteiger partial charge is 0.0467 e. The monoisotopic (exact) mass is 502 g/mol. The Hall–Kier alpha value is -5.08. The minimum atomic E-state index is 1.05. The number of nitrogens with zero attached hydrogens (tertiary/aromatic N) is 1. The van der Waals surface area contributed by atoms with E-state index in [9.17, 15) is 0 Å². The molecule has 0 saturated heterocycles. The fraction of sp³-hybridized carbons (Fsp3) is 0.0270. The van der Waals surface area contributed by atoms with E-state index in [1.165, 1.54) is 27.8 Å². The largest absolute Gasteiger partial charge is 0.356 e. The third-order valence-electron chi connectivity index (χ3n) is 6.89. The van der Waals surface area contributed by atoms with E-state index < -0.39 is 0 Å². The van der Waals surface area contributed by atoms with Crippen LogP contribution in [0.5, 0.6) is 0 Å². The molecule has 2 heteroatoms. The van der Waals surface area contributed by atoms with Crippen LogP contribution < -0.4 is 10.2 Å². The quantitative estimate of drug-likeness (QED) is 0.233. The highest BCUT2D eigenvalue weighted by atomic mass is 15.1. The van der Waals surface area contributed by atoms with Crippen molar-refractivity contribution in [2.75, 3.05) is 10.2 Å². The van der Waals surface area contributed by atoms with Crippen molar-refractivity contribution in [1.82, 2.24) is 0 Å². The molecule has 2 nitrogen and oxygen atoms in total. The maximum absolute atomic E-state index is 3.52. The Kier molecular flexibility index (Phi) is 6.92. The van der Waals surface area contributed by atoms with Gasteiger partial charge < -0.3 is 10.2 Å². The van der Waals surface area contributed by atoms with Gasteiger partial charge in [0.05, 0.1) is 0 Å². The van der Waals surface area contributed by atoms with Crippen LogP contribution in [0.4, 0.5) is 28.4 Å². The van der Waals surface area contributed by atoms with Gasteiger partial charge in [0.15, 0.2) is 0 Å². The van der Waals surface area contributed by atoms with Crippen LogP contribution in [-0.2, 0) is 0 Å². The Bertz CT molecular complexity index is 1570. The molecule has 188 valence electrons. The second-order valence-corrected chi connectivity index (χ2v) is 9.71. The molecule has 0 spiro atoms. The minimum absolute atomic E-state index is 1.05. The summed E-state index contributed by atoms with van der Waals surface area (Å²) in [6.07, 6.45) is 0. The van der Waals surface area contributed by atoms with Crippen molar-refractivity contribution in [3.05, 3.63) is 163 Å². The predicted molar refractivity (Wildman–Crippen MR) is 166 cm³/mol. The summed E-state index contributed by atoms with van der Waals surface area (Å²) in [5, 5.41) is 3.52. The standard InChI is InChI=1S/C37H30N2/c1-28-18-20-33(21-19-28)38-34-22-24-35(25-23-34)39(36-16-8-14-31(26-36)29-10-4-2-5-11-29)37-17-9-15-32(27-37)30-12-6-3-7-13-30/h2-27,38H,1H3. The fourth-order valence-electron chi connectivity index (χ4n) is 4.85. The summed E-state index contributed by atoms with van der Waals surface area (Å²) in [7, 11) is 0. The van der Waals surface area contributed by atoms with Gasteiger partial charge in [-0.1, -0.05) is 103 Å². The van der Waals surface area contributed by atoms with Crippen molar-refractivity contribution in [3.8, 4) is 22.3 Å². The molecule has 39 heavy (non-hydrogen) atoms. The molecule has 0 bridgehead atoms. The van der Waals surface area contributed by atoms with Gasteiger partial charge in [0.1, 0.15) is 0 Å². The zero-order chi connectivity index (χ0) is 26.4. The lowest BCUT2D eigenvalue weighted by atomic mass is 10.0. The molecule has 0 radical (unpaired) electrons. The first kappa shape index (κ1) is 24.3. The summed E-state index contributed by atoms with van der Waals surface area (Å²) in [6, 6.07) is 55.7. The summed E-state index contributed by atoms with van der Waals surface area (Å²) >= 11 is 0. The van der Waals surface area contributed by atoms with E-state index in [2.05, 4.69) is 175 Å². The number of nitrogens with one attached hydrogen (secondary N) is 1. The van der Waals surface area contributed by atoms with Crippen LogP contribution in [0.15, 0.2) is 158 Å². The Morgan fingerprint density at radius 2 is 0.821 bits per heavy atom. The first-order valence-electron chi connectivity index (χ1n) is 13.3. The van der Waals surface area contributed by atoms with Gasteiger partial charge in [-0.3, -0.25) is 0 Å². The maximum atomic E-state index is 3.52. The van der Waals surface area contributed by atoms with Crippen LogP contribution in [0.25, 0.3) is 22.3 Å². The van der Waals surface area contributed by atoms with Gasteiger partial charge in [-0.25, -0.2) is 0 Å². The van der Waals surface area contributed by atoms with Crippen molar-refractivity contribution in [3.63, 3.8) is 0 Å². The van der Waals surface area contributed by atoms with Crippen LogP contribution in [-0.4, -0.2) is 0 Å². The summed E-state index contributed by atoms with van der Waals surface area (Å²) < 4.78 is 0. The zero-order valence-corrected chi connectivity index (χ0v) is 22.0. The molecule has 0 heterocycles. The van der Waals surface area contributed by atoms with Crippen molar-refractivity contribution < 1.29 is 0 Å². The molecule has 0 aliphatic rings. The highest BCUT2D eigenvalue weighted by molar-refractivity contribution is 5.83. The van der Waals surface area contributed by atoms with Crippen LogP contribution in [0.3, 0.4) is 0 Å². The molecule has 6 rings (SSSR count). The van der Waals surface area contributed by atoms with Gasteiger partial charge in [-0.2, -0.15) is 0 Å². The van der Waals surface area contributed by atoms with E-state index in [0.717, 1.165) is 28.4 Å². The average Bonchev–Trinajstić information content (AvgIpc) is 3.01. The van der Waals surface area contributed by atoms with Crippen molar-refractivity contribution in [2.45, 2.75) is 6.92 Å². The molecule has 0 saturated carbocycles.